The standard InChI is InChI=1S/C8H8N2OS/c1-5-9-6-3-4-12-7(6)8(11)10(5)2/h3-4H,1-2H3. The van der Waals surface area contributed by atoms with Crippen molar-refractivity contribution in [2.24, 2.45) is 7.05 Å². The Hall–Kier alpha value is -1.16. The normalized spacial score (nSPS) is 10.8. The zero-order chi connectivity index (χ0) is 8.72. The maximum absolute atomic E-state index is 11.5. The lowest BCUT2D eigenvalue weighted by Crippen LogP contribution is -2.19. The lowest BCUT2D eigenvalue weighted by Gasteiger charge is -2.00. The highest BCUT2D eigenvalue weighted by atomic mass is 32.1. The average molecular weight is 180 g/mol. The van der Waals surface area contributed by atoms with Crippen molar-refractivity contribution in [1.29, 1.82) is 0 Å². The molecule has 2 heterocycles. The summed E-state index contributed by atoms with van der Waals surface area (Å²) in [6, 6.07) is 1.87. The first kappa shape index (κ1) is 7.49. The molecule has 0 fully saturated rings. The lowest BCUT2D eigenvalue weighted by molar-refractivity contribution is 0.794. The number of aryl methyl sites for hydroxylation is 1. The fourth-order valence-corrected chi connectivity index (χ4v) is 1.90. The third kappa shape index (κ3) is 0.881. The van der Waals surface area contributed by atoms with Gasteiger partial charge in [-0.2, -0.15) is 0 Å². The molecule has 0 saturated carbocycles. The summed E-state index contributed by atoms with van der Waals surface area (Å²) >= 11 is 1.44. The number of hydrogen-bond donors (Lipinski definition) is 0. The summed E-state index contributed by atoms with van der Waals surface area (Å²) in [6.07, 6.45) is 0. The van der Waals surface area contributed by atoms with Gasteiger partial charge in [-0.3, -0.25) is 9.36 Å². The molecule has 4 heteroatoms. The first-order chi connectivity index (χ1) is 5.70. The summed E-state index contributed by atoms with van der Waals surface area (Å²) in [5.74, 6) is 0.755. The Labute approximate surface area is 73.3 Å². The van der Waals surface area contributed by atoms with E-state index in [-0.39, 0.29) is 5.56 Å². The minimum absolute atomic E-state index is 0.0486. The molecule has 0 aliphatic rings. The molecule has 0 aliphatic carbocycles. The van der Waals surface area contributed by atoms with E-state index in [2.05, 4.69) is 4.98 Å². The molecule has 0 radical (unpaired) electrons. The fraction of sp³-hybridized carbons (Fsp3) is 0.250. The van der Waals surface area contributed by atoms with E-state index >= 15 is 0 Å². The summed E-state index contributed by atoms with van der Waals surface area (Å²) in [5.41, 5.74) is 0.855. The van der Waals surface area contributed by atoms with E-state index in [1.54, 1.807) is 11.6 Å². The van der Waals surface area contributed by atoms with Crippen LogP contribution in [0.4, 0.5) is 0 Å². The highest BCUT2D eigenvalue weighted by Gasteiger charge is 2.04. The molecule has 0 aliphatic heterocycles. The SMILES string of the molecule is Cc1nc2ccsc2c(=O)n1C. The number of thiophene rings is 1. The van der Waals surface area contributed by atoms with Gasteiger partial charge in [-0.15, -0.1) is 11.3 Å². The molecule has 0 aromatic carbocycles. The molecule has 0 saturated heterocycles. The van der Waals surface area contributed by atoms with Crippen LogP contribution in [0.2, 0.25) is 0 Å². The third-order valence-electron chi connectivity index (χ3n) is 1.91. The maximum Gasteiger partial charge on any atom is 0.271 e. The fourth-order valence-electron chi connectivity index (χ4n) is 1.10. The quantitative estimate of drug-likeness (QED) is 0.612. The summed E-state index contributed by atoms with van der Waals surface area (Å²) < 4.78 is 2.31. The van der Waals surface area contributed by atoms with Crippen molar-refractivity contribution in [3.05, 3.63) is 27.6 Å². The van der Waals surface area contributed by atoms with Crippen LogP contribution < -0.4 is 5.56 Å². The molecule has 3 nitrogen and oxygen atoms in total. The first-order valence-electron chi connectivity index (χ1n) is 3.61. The van der Waals surface area contributed by atoms with Crippen molar-refractivity contribution in [2.75, 3.05) is 0 Å². The Morgan fingerprint density at radius 1 is 1.58 bits per heavy atom. The summed E-state index contributed by atoms with van der Waals surface area (Å²) in [4.78, 5) is 15.8. The highest BCUT2D eigenvalue weighted by Crippen LogP contribution is 2.13. The number of nitrogens with zero attached hydrogens (tertiary/aromatic N) is 2. The van der Waals surface area contributed by atoms with Crippen molar-refractivity contribution in [2.45, 2.75) is 6.92 Å². The zero-order valence-corrected chi connectivity index (χ0v) is 7.68. The van der Waals surface area contributed by atoms with E-state index < -0.39 is 0 Å². The average Bonchev–Trinajstić information content (AvgIpc) is 2.48. The Kier molecular flexibility index (Phi) is 1.51. The Morgan fingerprint density at radius 3 is 3.08 bits per heavy atom. The van der Waals surface area contributed by atoms with E-state index in [0.717, 1.165) is 16.0 Å². The van der Waals surface area contributed by atoms with Gasteiger partial charge in [0.1, 0.15) is 10.5 Å². The van der Waals surface area contributed by atoms with E-state index in [1.165, 1.54) is 11.3 Å². The van der Waals surface area contributed by atoms with Gasteiger partial charge >= 0.3 is 0 Å². The number of aromatic nitrogens is 2. The number of rotatable bonds is 0. The minimum Gasteiger partial charge on any atom is -0.299 e. The predicted molar refractivity (Wildman–Crippen MR) is 49.6 cm³/mol. The molecular weight excluding hydrogens is 172 g/mol. The second-order valence-corrected chi connectivity index (χ2v) is 3.57. The molecule has 0 atom stereocenters. The van der Waals surface area contributed by atoms with Crippen LogP contribution in [0.5, 0.6) is 0 Å². The van der Waals surface area contributed by atoms with Gasteiger partial charge in [0.15, 0.2) is 0 Å². The van der Waals surface area contributed by atoms with Crippen molar-refractivity contribution in [3.8, 4) is 0 Å². The van der Waals surface area contributed by atoms with Crippen LogP contribution in [0.25, 0.3) is 10.2 Å². The van der Waals surface area contributed by atoms with Crippen LogP contribution in [0.15, 0.2) is 16.2 Å². The van der Waals surface area contributed by atoms with Gasteiger partial charge in [0.25, 0.3) is 5.56 Å². The predicted octanol–water partition coefficient (Wildman–Crippen LogP) is 1.30. The smallest absolute Gasteiger partial charge is 0.271 e. The Balaban J connectivity index is 3.05. The summed E-state index contributed by atoms with van der Waals surface area (Å²) in [5, 5.41) is 1.89. The third-order valence-corrected chi connectivity index (χ3v) is 2.80. The van der Waals surface area contributed by atoms with Gasteiger partial charge < -0.3 is 0 Å². The van der Waals surface area contributed by atoms with Crippen LogP contribution in [-0.4, -0.2) is 9.55 Å². The van der Waals surface area contributed by atoms with Gasteiger partial charge in [-0.05, 0) is 18.4 Å². The van der Waals surface area contributed by atoms with Crippen LogP contribution in [-0.2, 0) is 7.05 Å². The summed E-state index contributed by atoms with van der Waals surface area (Å²) in [6.45, 7) is 1.83. The van der Waals surface area contributed by atoms with Gasteiger partial charge in [0.05, 0.1) is 5.52 Å². The number of hydrogen-bond acceptors (Lipinski definition) is 3. The maximum atomic E-state index is 11.5. The lowest BCUT2D eigenvalue weighted by atomic mass is 10.4. The second-order valence-electron chi connectivity index (χ2n) is 2.66. The van der Waals surface area contributed by atoms with Crippen molar-refractivity contribution in [3.63, 3.8) is 0 Å². The molecule has 0 spiro atoms. The van der Waals surface area contributed by atoms with Crippen LogP contribution in [0.3, 0.4) is 0 Å². The molecule has 12 heavy (non-hydrogen) atoms. The first-order valence-corrected chi connectivity index (χ1v) is 4.49. The van der Waals surface area contributed by atoms with Crippen LogP contribution >= 0.6 is 11.3 Å². The van der Waals surface area contributed by atoms with Gasteiger partial charge in [0, 0.05) is 7.05 Å². The Morgan fingerprint density at radius 2 is 2.33 bits per heavy atom. The zero-order valence-electron chi connectivity index (χ0n) is 6.87. The minimum atomic E-state index is 0.0486. The van der Waals surface area contributed by atoms with E-state index in [1.807, 2.05) is 18.4 Å². The van der Waals surface area contributed by atoms with E-state index in [0.29, 0.717) is 0 Å². The molecule has 0 unspecified atom stereocenters. The van der Waals surface area contributed by atoms with Crippen molar-refractivity contribution in [1.82, 2.24) is 9.55 Å². The van der Waals surface area contributed by atoms with Gasteiger partial charge in [-0.1, -0.05) is 0 Å². The van der Waals surface area contributed by atoms with Crippen molar-refractivity contribution >= 4 is 21.6 Å². The molecule has 2 aromatic heterocycles. The molecule has 0 amide bonds. The molecule has 0 N–H and O–H groups in total. The molecule has 2 aromatic rings. The molecule has 62 valence electrons. The van der Waals surface area contributed by atoms with E-state index in [4.69, 9.17) is 0 Å². The largest absolute Gasteiger partial charge is 0.299 e. The highest BCUT2D eigenvalue weighted by molar-refractivity contribution is 7.17. The van der Waals surface area contributed by atoms with Crippen molar-refractivity contribution < 1.29 is 0 Å². The Bertz CT molecular complexity index is 483. The van der Waals surface area contributed by atoms with Gasteiger partial charge in [0.2, 0.25) is 0 Å². The number of fused-ring (bicyclic) bond motifs is 1. The molecular formula is C8H8N2OS. The van der Waals surface area contributed by atoms with Crippen LogP contribution in [0, 0.1) is 6.92 Å². The van der Waals surface area contributed by atoms with Crippen LogP contribution in [0.1, 0.15) is 5.82 Å². The topological polar surface area (TPSA) is 34.9 Å². The second kappa shape index (κ2) is 2.42. The molecule has 0 bridgehead atoms. The molecule has 2 rings (SSSR count). The summed E-state index contributed by atoms with van der Waals surface area (Å²) in [7, 11) is 1.74. The van der Waals surface area contributed by atoms with Gasteiger partial charge in [-0.25, -0.2) is 4.98 Å². The monoisotopic (exact) mass is 180 g/mol. The van der Waals surface area contributed by atoms with E-state index in [9.17, 15) is 4.79 Å².